The molecule has 12 nitrogen and oxygen atoms in total. The molecule has 222 valence electrons. The molecule has 0 aromatic heterocycles. The van der Waals surface area contributed by atoms with E-state index in [9.17, 15) is 24.3 Å². The van der Waals surface area contributed by atoms with Crippen LogP contribution in [-0.2, 0) is 38.1 Å². The molecule has 1 aromatic carbocycles. The van der Waals surface area contributed by atoms with Gasteiger partial charge in [0.2, 0.25) is 0 Å². The van der Waals surface area contributed by atoms with E-state index < -0.39 is 35.8 Å². The van der Waals surface area contributed by atoms with Gasteiger partial charge in [-0.2, -0.15) is 0 Å². The van der Waals surface area contributed by atoms with Crippen LogP contribution in [0.2, 0.25) is 0 Å². The number of nitrogens with one attached hydrogen (secondary N) is 2. The van der Waals surface area contributed by atoms with Gasteiger partial charge in [-0.15, -0.1) is 0 Å². The van der Waals surface area contributed by atoms with Gasteiger partial charge in [0.25, 0.3) is 5.91 Å². The fraction of sp³-hybridized carbons (Fsp3) is 0.448. The topological polar surface area (TPSA) is 153 Å². The monoisotopic (exact) mass is 571 g/mol. The van der Waals surface area contributed by atoms with Gasteiger partial charge in [0, 0.05) is 30.7 Å². The quantitative estimate of drug-likeness (QED) is 0.191. The van der Waals surface area contributed by atoms with Crippen molar-refractivity contribution in [3.8, 4) is 0 Å². The summed E-state index contributed by atoms with van der Waals surface area (Å²) in [5, 5.41) is 15.5. The molecule has 0 spiro atoms. The summed E-state index contributed by atoms with van der Waals surface area (Å²) in [6, 6.07) is 6.82. The van der Waals surface area contributed by atoms with Crippen LogP contribution in [0.4, 0.5) is 5.69 Å². The second kappa shape index (κ2) is 14.0. The normalized spacial score (nSPS) is 17.2. The van der Waals surface area contributed by atoms with E-state index in [1.54, 1.807) is 52.0 Å². The molecular formula is C29H37N3O9. The van der Waals surface area contributed by atoms with Crippen molar-refractivity contribution < 1.29 is 43.2 Å². The Bertz CT molecular complexity index is 1300. The first kappa shape index (κ1) is 31.4. The van der Waals surface area contributed by atoms with Gasteiger partial charge < -0.3 is 39.6 Å². The Morgan fingerprint density at radius 1 is 1.07 bits per heavy atom. The SMILES string of the molecule is COCCOC(=O)C1=C(C)NC(C)=C(C(=O)OC(C)C)C1c1cccc(NC2=C(C(=O)OC)CN(CCO)C2=O)c1. The van der Waals surface area contributed by atoms with E-state index >= 15 is 0 Å². The van der Waals surface area contributed by atoms with Crippen LogP contribution >= 0.6 is 0 Å². The summed E-state index contributed by atoms with van der Waals surface area (Å²) in [5.74, 6) is -3.23. The summed E-state index contributed by atoms with van der Waals surface area (Å²) in [6.45, 7) is 6.88. The molecule has 0 bridgehead atoms. The largest absolute Gasteiger partial charge is 0.466 e. The van der Waals surface area contributed by atoms with Crippen molar-refractivity contribution in [3.05, 3.63) is 63.6 Å². The number of aliphatic hydroxyl groups is 1. The van der Waals surface area contributed by atoms with Crippen molar-refractivity contribution in [3.63, 3.8) is 0 Å². The van der Waals surface area contributed by atoms with Crippen LogP contribution in [0.3, 0.4) is 0 Å². The zero-order chi connectivity index (χ0) is 30.3. The number of carbonyl (C=O) groups excluding carboxylic acids is 4. The summed E-state index contributed by atoms with van der Waals surface area (Å²) in [4.78, 5) is 53.5. The van der Waals surface area contributed by atoms with Crippen LogP contribution in [0.5, 0.6) is 0 Å². The number of esters is 3. The molecule has 1 amide bonds. The van der Waals surface area contributed by atoms with Gasteiger partial charge in [0.1, 0.15) is 12.3 Å². The molecule has 0 fully saturated rings. The number of benzene rings is 1. The molecule has 2 aliphatic heterocycles. The molecule has 0 radical (unpaired) electrons. The number of rotatable bonds is 12. The Labute approximate surface area is 238 Å². The van der Waals surface area contributed by atoms with Crippen LogP contribution in [-0.4, -0.2) is 87.1 Å². The summed E-state index contributed by atoms with van der Waals surface area (Å²) in [5.41, 5.74) is 2.60. The van der Waals surface area contributed by atoms with Crippen molar-refractivity contribution in [2.45, 2.75) is 39.7 Å². The number of hydrogen-bond acceptors (Lipinski definition) is 11. The van der Waals surface area contributed by atoms with E-state index in [-0.39, 0.29) is 55.3 Å². The highest BCUT2D eigenvalue weighted by Gasteiger charge is 2.39. The Morgan fingerprint density at radius 3 is 2.37 bits per heavy atom. The molecule has 1 unspecified atom stereocenters. The molecule has 0 saturated heterocycles. The first-order chi connectivity index (χ1) is 19.5. The van der Waals surface area contributed by atoms with Crippen LogP contribution in [0.15, 0.2) is 58.1 Å². The molecule has 41 heavy (non-hydrogen) atoms. The average Bonchev–Trinajstić information content (AvgIpc) is 3.22. The zero-order valence-corrected chi connectivity index (χ0v) is 24.2. The first-order valence-electron chi connectivity index (χ1n) is 13.2. The Morgan fingerprint density at radius 2 is 1.76 bits per heavy atom. The lowest BCUT2D eigenvalue weighted by Gasteiger charge is -2.31. The van der Waals surface area contributed by atoms with Gasteiger partial charge in [-0.05, 0) is 45.4 Å². The van der Waals surface area contributed by atoms with E-state index in [0.717, 1.165) is 0 Å². The van der Waals surface area contributed by atoms with Gasteiger partial charge in [-0.25, -0.2) is 14.4 Å². The highest BCUT2D eigenvalue weighted by atomic mass is 16.6. The Balaban J connectivity index is 2.08. The number of β-amino-alcohol motifs (C(OH)–C–C–N with tert-alkyl or cyclic N) is 1. The third-order valence-electron chi connectivity index (χ3n) is 6.51. The van der Waals surface area contributed by atoms with Crippen LogP contribution < -0.4 is 10.6 Å². The van der Waals surface area contributed by atoms with E-state index in [2.05, 4.69) is 10.6 Å². The standard InChI is InChI=1S/C29H37N3O9/c1-16(2)41-29(37)23-18(4)30-17(3)22(28(36)40-13-12-38-5)24(23)19-8-7-9-20(14-19)31-25-21(27(35)39-6)15-32(10-11-33)26(25)34/h7-9,14,16,24,30-31,33H,10-13,15H2,1-6H3. The number of aliphatic hydroxyl groups excluding tert-OH is 1. The smallest absolute Gasteiger partial charge is 0.337 e. The van der Waals surface area contributed by atoms with Crippen LogP contribution in [0.25, 0.3) is 0 Å². The number of anilines is 1. The number of amides is 1. The minimum atomic E-state index is -0.862. The number of nitrogens with zero attached hydrogens (tertiary/aromatic N) is 1. The molecule has 2 heterocycles. The Kier molecular flexibility index (Phi) is 10.7. The summed E-state index contributed by atoms with van der Waals surface area (Å²) >= 11 is 0. The Hall–Kier alpha value is -4.16. The van der Waals surface area contributed by atoms with Gasteiger partial charge in [-0.1, -0.05) is 12.1 Å². The number of ether oxygens (including phenoxy) is 4. The lowest BCUT2D eigenvalue weighted by Crippen LogP contribution is -2.33. The second-order valence-corrected chi connectivity index (χ2v) is 9.76. The van der Waals surface area contributed by atoms with Gasteiger partial charge in [0.15, 0.2) is 0 Å². The molecule has 12 heteroatoms. The van der Waals surface area contributed by atoms with Crippen molar-refractivity contribution in [1.29, 1.82) is 0 Å². The molecule has 3 N–H and O–H groups in total. The molecule has 1 aromatic rings. The minimum absolute atomic E-state index is 0.0184. The highest BCUT2D eigenvalue weighted by Crippen LogP contribution is 2.40. The van der Waals surface area contributed by atoms with E-state index in [1.807, 2.05) is 0 Å². The van der Waals surface area contributed by atoms with Crippen molar-refractivity contribution >= 4 is 29.5 Å². The predicted octanol–water partition coefficient (Wildman–Crippen LogP) is 1.74. The van der Waals surface area contributed by atoms with Crippen molar-refractivity contribution in [2.24, 2.45) is 0 Å². The summed E-state index contributed by atoms with van der Waals surface area (Å²) < 4.78 is 20.8. The maximum atomic E-state index is 13.3. The number of methoxy groups -OCH3 is 2. The molecule has 0 aliphatic carbocycles. The first-order valence-corrected chi connectivity index (χ1v) is 13.2. The molecule has 1 atom stereocenters. The average molecular weight is 572 g/mol. The van der Waals surface area contributed by atoms with E-state index in [0.29, 0.717) is 22.6 Å². The fourth-order valence-corrected chi connectivity index (χ4v) is 4.73. The maximum Gasteiger partial charge on any atom is 0.337 e. The second-order valence-electron chi connectivity index (χ2n) is 9.76. The third kappa shape index (κ3) is 7.14. The van der Waals surface area contributed by atoms with Crippen LogP contribution in [0.1, 0.15) is 39.2 Å². The minimum Gasteiger partial charge on any atom is -0.466 e. The van der Waals surface area contributed by atoms with Crippen molar-refractivity contribution in [1.82, 2.24) is 10.2 Å². The van der Waals surface area contributed by atoms with Gasteiger partial charge in [-0.3, -0.25) is 4.79 Å². The number of dihydropyridines is 1. The molecular weight excluding hydrogens is 534 g/mol. The van der Waals surface area contributed by atoms with E-state index in [1.165, 1.54) is 19.1 Å². The molecule has 3 rings (SSSR count). The lowest BCUT2D eigenvalue weighted by molar-refractivity contribution is -0.143. The number of carbonyl (C=O) groups is 4. The molecule has 0 saturated carbocycles. The summed E-state index contributed by atoms with van der Waals surface area (Å²) in [6.07, 6.45) is -0.403. The third-order valence-corrected chi connectivity index (χ3v) is 6.51. The lowest BCUT2D eigenvalue weighted by atomic mass is 9.80. The van der Waals surface area contributed by atoms with Crippen LogP contribution in [0, 0.1) is 0 Å². The highest BCUT2D eigenvalue weighted by molar-refractivity contribution is 6.08. The van der Waals surface area contributed by atoms with Gasteiger partial charge >= 0.3 is 17.9 Å². The maximum absolute atomic E-state index is 13.3. The van der Waals surface area contributed by atoms with Crippen molar-refractivity contribution in [2.75, 3.05) is 52.4 Å². The fourth-order valence-electron chi connectivity index (χ4n) is 4.73. The number of hydrogen-bond donors (Lipinski definition) is 3. The van der Waals surface area contributed by atoms with E-state index in [4.69, 9.17) is 18.9 Å². The summed E-state index contributed by atoms with van der Waals surface area (Å²) in [7, 11) is 2.71. The molecule has 2 aliphatic rings. The predicted molar refractivity (Wildman–Crippen MR) is 148 cm³/mol. The van der Waals surface area contributed by atoms with Gasteiger partial charge in [0.05, 0.1) is 55.6 Å². The zero-order valence-electron chi connectivity index (χ0n) is 24.2. The number of allylic oxidation sites excluding steroid dienone is 2.